The fourth-order valence-corrected chi connectivity index (χ4v) is 2.19. The lowest BCUT2D eigenvalue weighted by atomic mass is 10.2. The Bertz CT molecular complexity index is 588. The minimum Gasteiger partial charge on any atom is -0.373 e. The lowest BCUT2D eigenvalue weighted by Gasteiger charge is -2.14. The molecule has 0 bridgehead atoms. The van der Waals surface area contributed by atoms with Gasteiger partial charge in [-0.2, -0.15) is 0 Å². The normalized spacial score (nSPS) is 18.4. The van der Waals surface area contributed by atoms with Crippen molar-refractivity contribution in [2.45, 2.75) is 19.4 Å². The van der Waals surface area contributed by atoms with E-state index in [-0.39, 0.29) is 24.1 Å². The summed E-state index contributed by atoms with van der Waals surface area (Å²) in [5.74, 6) is -0.698. The van der Waals surface area contributed by atoms with Crippen molar-refractivity contribution < 1.29 is 14.4 Å². The SMILES string of the molecule is CC(=O)Nc1ccc(N[C@@H]2CC(=O)N(C)C2=O)cc1Cl. The first-order valence-electron chi connectivity index (χ1n) is 6.02. The van der Waals surface area contributed by atoms with Gasteiger partial charge in [0.15, 0.2) is 0 Å². The van der Waals surface area contributed by atoms with Crippen molar-refractivity contribution in [1.29, 1.82) is 0 Å². The second kappa shape index (κ2) is 5.50. The van der Waals surface area contributed by atoms with Gasteiger partial charge < -0.3 is 10.6 Å². The van der Waals surface area contributed by atoms with Gasteiger partial charge in [0.05, 0.1) is 17.1 Å². The Morgan fingerprint density at radius 2 is 2.10 bits per heavy atom. The first-order valence-corrected chi connectivity index (χ1v) is 6.40. The number of rotatable bonds is 3. The number of halogens is 1. The van der Waals surface area contributed by atoms with Gasteiger partial charge in [-0.15, -0.1) is 0 Å². The second-order valence-electron chi connectivity index (χ2n) is 4.57. The van der Waals surface area contributed by atoms with Crippen molar-refractivity contribution in [1.82, 2.24) is 4.90 Å². The van der Waals surface area contributed by atoms with Crippen LogP contribution in [0.1, 0.15) is 13.3 Å². The van der Waals surface area contributed by atoms with Gasteiger partial charge in [-0.25, -0.2) is 0 Å². The number of carbonyl (C=O) groups is 3. The maximum atomic E-state index is 11.8. The molecule has 7 heteroatoms. The third kappa shape index (κ3) is 2.91. The molecule has 6 nitrogen and oxygen atoms in total. The molecule has 106 valence electrons. The summed E-state index contributed by atoms with van der Waals surface area (Å²) in [6.45, 7) is 1.39. The lowest BCUT2D eigenvalue weighted by molar-refractivity contribution is -0.136. The van der Waals surface area contributed by atoms with Crippen LogP contribution in [0.5, 0.6) is 0 Å². The molecule has 0 aromatic heterocycles. The molecule has 1 fully saturated rings. The molecule has 1 aliphatic rings. The van der Waals surface area contributed by atoms with Crippen LogP contribution in [0, 0.1) is 0 Å². The van der Waals surface area contributed by atoms with E-state index in [9.17, 15) is 14.4 Å². The van der Waals surface area contributed by atoms with Gasteiger partial charge in [-0.3, -0.25) is 19.3 Å². The van der Waals surface area contributed by atoms with E-state index in [2.05, 4.69) is 10.6 Å². The van der Waals surface area contributed by atoms with Crippen LogP contribution < -0.4 is 10.6 Å². The van der Waals surface area contributed by atoms with E-state index < -0.39 is 6.04 Å². The van der Waals surface area contributed by atoms with Crippen molar-refractivity contribution in [2.75, 3.05) is 17.7 Å². The molecular formula is C13H14ClN3O3. The van der Waals surface area contributed by atoms with Crippen LogP contribution in [0.4, 0.5) is 11.4 Å². The summed E-state index contributed by atoms with van der Waals surface area (Å²) in [5, 5.41) is 5.91. The van der Waals surface area contributed by atoms with Gasteiger partial charge in [0.25, 0.3) is 5.91 Å². The predicted molar refractivity (Wildman–Crippen MR) is 75.6 cm³/mol. The van der Waals surface area contributed by atoms with Crippen LogP contribution in [-0.4, -0.2) is 35.7 Å². The highest BCUT2D eigenvalue weighted by Crippen LogP contribution is 2.27. The van der Waals surface area contributed by atoms with E-state index >= 15 is 0 Å². The predicted octanol–water partition coefficient (Wildman–Crippen LogP) is 1.47. The number of amides is 3. The minimum absolute atomic E-state index is 0.125. The van der Waals surface area contributed by atoms with Crippen LogP contribution in [0.2, 0.25) is 5.02 Å². The Hall–Kier alpha value is -2.08. The number of anilines is 2. The zero-order valence-electron chi connectivity index (χ0n) is 11.1. The molecular weight excluding hydrogens is 282 g/mol. The number of hydrogen-bond donors (Lipinski definition) is 2. The molecule has 2 N–H and O–H groups in total. The highest BCUT2D eigenvalue weighted by atomic mass is 35.5. The number of nitrogens with zero attached hydrogens (tertiary/aromatic N) is 1. The van der Waals surface area contributed by atoms with Gasteiger partial charge >= 0.3 is 0 Å². The second-order valence-corrected chi connectivity index (χ2v) is 4.98. The van der Waals surface area contributed by atoms with Gasteiger partial charge in [-0.05, 0) is 18.2 Å². The summed E-state index contributed by atoms with van der Waals surface area (Å²) in [4.78, 5) is 35.3. The highest BCUT2D eigenvalue weighted by molar-refractivity contribution is 6.34. The molecule has 1 aromatic carbocycles. The van der Waals surface area contributed by atoms with E-state index in [1.165, 1.54) is 14.0 Å². The molecule has 1 heterocycles. The molecule has 1 saturated heterocycles. The Kier molecular flexibility index (Phi) is 3.94. The van der Waals surface area contributed by atoms with Crippen molar-refractivity contribution in [3.63, 3.8) is 0 Å². The standard InChI is InChI=1S/C13H14ClN3O3/c1-7(18)15-10-4-3-8(5-9(10)14)16-11-6-12(19)17(2)13(11)20/h3-5,11,16H,6H2,1-2H3,(H,15,18)/t11-/m1/s1. The summed E-state index contributed by atoms with van der Waals surface area (Å²) < 4.78 is 0. The smallest absolute Gasteiger partial charge is 0.251 e. The van der Waals surface area contributed by atoms with Crippen LogP contribution >= 0.6 is 11.6 Å². The molecule has 1 aromatic rings. The van der Waals surface area contributed by atoms with Gasteiger partial charge in [0.2, 0.25) is 11.8 Å². The average Bonchev–Trinajstić information content (AvgIpc) is 2.60. The largest absolute Gasteiger partial charge is 0.373 e. The van der Waals surface area contributed by atoms with Crippen molar-refractivity contribution in [3.05, 3.63) is 23.2 Å². The molecule has 0 unspecified atom stereocenters. The maximum Gasteiger partial charge on any atom is 0.251 e. The Morgan fingerprint density at radius 3 is 2.60 bits per heavy atom. The van der Waals surface area contributed by atoms with Gasteiger partial charge in [0, 0.05) is 19.7 Å². The van der Waals surface area contributed by atoms with Crippen LogP contribution in [0.25, 0.3) is 0 Å². The molecule has 1 aliphatic heterocycles. The van der Waals surface area contributed by atoms with Crippen LogP contribution in [0.3, 0.4) is 0 Å². The molecule has 0 spiro atoms. The van der Waals surface area contributed by atoms with E-state index in [1.54, 1.807) is 18.2 Å². The molecule has 0 radical (unpaired) electrons. The first-order chi connectivity index (χ1) is 9.38. The fourth-order valence-electron chi connectivity index (χ4n) is 1.97. The highest BCUT2D eigenvalue weighted by Gasteiger charge is 2.35. The number of nitrogens with one attached hydrogen (secondary N) is 2. The molecule has 20 heavy (non-hydrogen) atoms. The number of carbonyl (C=O) groups excluding carboxylic acids is 3. The number of hydrogen-bond acceptors (Lipinski definition) is 4. The number of imide groups is 1. The molecule has 2 rings (SSSR count). The number of benzene rings is 1. The van der Waals surface area contributed by atoms with Gasteiger partial charge in [-0.1, -0.05) is 11.6 Å². The Balaban J connectivity index is 2.11. The first kappa shape index (κ1) is 14.3. The van der Waals surface area contributed by atoms with E-state index in [4.69, 9.17) is 11.6 Å². The summed E-state index contributed by atoms with van der Waals surface area (Å²) in [6, 6.07) is 4.35. The monoisotopic (exact) mass is 295 g/mol. The third-order valence-electron chi connectivity index (χ3n) is 3.00. The maximum absolute atomic E-state index is 11.8. The van der Waals surface area contributed by atoms with Crippen molar-refractivity contribution in [2.24, 2.45) is 0 Å². The van der Waals surface area contributed by atoms with E-state index in [0.29, 0.717) is 16.4 Å². The minimum atomic E-state index is -0.574. The van der Waals surface area contributed by atoms with Crippen molar-refractivity contribution in [3.8, 4) is 0 Å². The number of likely N-dealkylation sites (N-methyl/N-ethyl adjacent to an activating group) is 1. The molecule has 0 aliphatic carbocycles. The molecule has 1 atom stereocenters. The zero-order valence-corrected chi connectivity index (χ0v) is 11.8. The topological polar surface area (TPSA) is 78.5 Å². The van der Waals surface area contributed by atoms with E-state index in [0.717, 1.165) is 4.90 Å². The number of likely N-dealkylation sites (tertiary alicyclic amines) is 1. The Morgan fingerprint density at radius 1 is 1.40 bits per heavy atom. The third-order valence-corrected chi connectivity index (χ3v) is 3.31. The average molecular weight is 296 g/mol. The quantitative estimate of drug-likeness (QED) is 0.828. The van der Waals surface area contributed by atoms with Gasteiger partial charge in [0.1, 0.15) is 6.04 Å². The zero-order chi connectivity index (χ0) is 14.9. The van der Waals surface area contributed by atoms with Crippen LogP contribution in [-0.2, 0) is 14.4 Å². The summed E-state index contributed by atoms with van der Waals surface area (Å²) in [6.07, 6.45) is 0.125. The Labute approximate surface area is 121 Å². The van der Waals surface area contributed by atoms with E-state index in [1.807, 2.05) is 0 Å². The molecule has 3 amide bonds. The molecule has 0 saturated carbocycles. The summed E-state index contributed by atoms with van der Waals surface area (Å²) in [7, 11) is 1.46. The van der Waals surface area contributed by atoms with Crippen LogP contribution in [0.15, 0.2) is 18.2 Å². The fraction of sp³-hybridized carbons (Fsp3) is 0.308. The van der Waals surface area contributed by atoms with Crippen molar-refractivity contribution >= 4 is 40.7 Å². The lowest BCUT2D eigenvalue weighted by Crippen LogP contribution is -2.31. The summed E-state index contributed by atoms with van der Waals surface area (Å²) >= 11 is 6.04. The summed E-state index contributed by atoms with van der Waals surface area (Å²) in [5.41, 5.74) is 1.11.